The van der Waals surface area contributed by atoms with Crippen LogP contribution in [-0.2, 0) is 14.8 Å². The average molecular weight is 359 g/mol. The summed E-state index contributed by atoms with van der Waals surface area (Å²) in [6.07, 6.45) is 3.88. The zero-order valence-electron chi connectivity index (χ0n) is 14.5. The molecule has 3 rings (SSSR count). The van der Waals surface area contributed by atoms with Crippen LogP contribution in [0.15, 0.2) is 0 Å². The number of ether oxygens (including phenoxy) is 1. The summed E-state index contributed by atoms with van der Waals surface area (Å²) in [7, 11) is -3.19. The lowest BCUT2D eigenvalue weighted by Gasteiger charge is -2.38. The van der Waals surface area contributed by atoms with Crippen molar-refractivity contribution in [1.29, 1.82) is 0 Å². The van der Waals surface area contributed by atoms with Crippen LogP contribution in [0.2, 0.25) is 0 Å². The molecule has 138 valence electrons. The SMILES string of the molecule is CCS(=O)(=O)N1CC(CNC(=O)N2CCCC2)C2(CCOCC2)C1. The second-order valence-electron chi connectivity index (χ2n) is 7.24. The van der Waals surface area contributed by atoms with Crippen molar-refractivity contribution in [1.82, 2.24) is 14.5 Å². The third kappa shape index (κ3) is 3.55. The minimum Gasteiger partial charge on any atom is -0.381 e. The summed E-state index contributed by atoms with van der Waals surface area (Å²) in [5, 5.41) is 3.05. The number of sulfonamides is 1. The molecule has 1 N–H and O–H groups in total. The van der Waals surface area contributed by atoms with Crippen molar-refractivity contribution in [2.45, 2.75) is 32.6 Å². The first kappa shape index (κ1) is 17.9. The lowest BCUT2D eigenvalue weighted by Crippen LogP contribution is -2.45. The molecule has 3 saturated heterocycles. The van der Waals surface area contributed by atoms with Crippen molar-refractivity contribution in [3.05, 3.63) is 0 Å². The van der Waals surface area contributed by atoms with E-state index in [1.54, 1.807) is 11.2 Å². The highest BCUT2D eigenvalue weighted by Gasteiger charge is 2.49. The van der Waals surface area contributed by atoms with Gasteiger partial charge in [-0.25, -0.2) is 17.5 Å². The van der Waals surface area contributed by atoms with Crippen LogP contribution in [0, 0.1) is 11.3 Å². The summed E-state index contributed by atoms with van der Waals surface area (Å²) in [5.41, 5.74) is -0.0568. The number of carbonyl (C=O) groups is 1. The van der Waals surface area contributed by atoms with Gasteiger partial charge in [0.25, 0.3) is 0 Å². The average Bonchev–Trinajstić information content (AvgIpc) is 3.22. The van der Waals surface area contributed by atoms with Gasteiger partial charge in [0.15, 0.2) is 0 Å². The topological polar surface area (TPSA) is 79.0 Å². The van der Waals surface area contributed by atoms with Gasteiger partial charge in [0, 0.05) is 45.9 Å². The number of likely N-dealkylation sites (tertiary alicyclic amines) is 1. The molecule has 3 heterocycles. The highest BCUT2D eigenvalue weighted by Crippen LogP contribution is 2.44. The van der Waals surface area contributed by atoms with Crippen LogP contribution < -0.4 is 5.32 Å². The van der Waals surface area contributed by atoms with Gasteiger partial charge in [-0.3, -0.25) is 0 Å². The number of urea groups is 1. The van der Waals surface area contributed by atoms with E-state index in [0.29, 0.717) is 32.8 Å². The Morgan fingerprint density at radius 1 is 1.25 bits per heavy atom. The van der Waals surface area contributed by atoms with E-state index in [-0.39, 0.29) is 23.1 Å². The Morgan fingerprint density at radius 2 is 1.92 bits per heavy atom. The molecule has 0 bridgehead atoms. The first-order valence-electron chi connectivity index (χ1n) is 9.05. The zero-order valence-corrected chi connectivity index (χ0v) is 15.3. The molecule has 3 fully saturated rings. The monoisotopic (exact) mass is 359 g/mol. The van der Waals surface area contributed by atoms with E-state index >= 15 is 0 Å². The van der Waals surface area contributed by atoms with Gasteiger partial charge >= 0.3 is 6.03 Å². The van der Waals surface area contributed by atoms with E-state index in [9.17, 15) is 13.2 Å². The van der Waals surface area contributed by atoms with Gasteiger partial charge in [-0.2, -0.15) is 0 Å². The smallest absolute Gasteiger partial charge is 0.317 e. The molecule has 0 aliphatic carbocycles. The predicted octanol–water partition coefficient (Wildman–Crippen LogP) is 0.870. The van der Waals surface area contributed by atoms with Crippen molar-refractivity contribution in [3.63, 3.8) is 0 Å². The molecule has 0 radical (unpaired) electrons. The summed E-state index contributed by atoms with van der Waals surface area (Å²) in [5.74, 6) is 0.293. The first-order valence-corrected chi connectivity index (χ1v) is 10.7. The van der Waals surface area contributed by atoms with Crippen LogP contribution in [0.25, 0.3) is 0 Å². The number of amides is 2. The highest BCUT2D eigenvalue weighted by atomic mass is 32.2. The number of carbonyl (C=O) groups excluding carboxylic acids is 1. The number of nitrogens with zero attached hydrogens (tertiary/aromatic N) is 2. The Hall–Kier alpha value is -0.860. The summed E-state index contributed by atoms with van der Waals surface area (Å²) in [6.45, 7) is 6.32. The van der Waals surface area contributed by atoms with Crippen molar-refractivity contribution in [2.24, 2.45) is 11.3 Å². The maximum absolute atomic E-state index is 12.3. The fourth-order valence-corrected chi connectivity index (χ4v) is 5.47. The van der Waals surface area contributed by atoms with E-state index in [4.69, 9.17) is 4.74 Å². The maximum atomic E-state index is 12.3. The molecular weight excluding hydrogens is 330 g/mol. The number of hydrogen-bond acceptors (Lipinski definition) is 4. The third-order valence-corrected chi connectivity index (χ3v) is 7.72. The Bertz CT molecular complexity index is 554. The summed E-state index contributed by atoms with van der Waals surface area (Å²) in [4.78, 5) is 14.1. The fourth-order valence-electron chi connectivity index (χ4n) is 4.25. The lowest BCUT2D eigenvalue weighted by atomic mass is 9.72. The van der Waals surface area contributed by atoms with Crippen LogP contribution in [-0.4, -0.2) is 75.3 Å². The second kappa shape index (κ2) is 7.17. The van der Waals surface area contributed by atoms with E-state index in [1.165, 1.54) is 0 Å². The molecule has 2 amide bonds. The van der Waals surface area contributed by atoms with Gasteiger partial charge in [-0.15, -0.1) is 0 Å². The minimum absolute atomic E-state index is 0.00786. The Balaban J connectivity index is 1.67. The Morgan fingerprint density at radius 3 is 2.54 bits per heavy atom. The van der Waals surface area contributed by atoms with Gasteiger partial charge < -0.3 is 15.0 Å². The number of nitrogens with one attached hydrogen (secondary N) is 1. The molecule has 0 saturated carbocycles. The van der Waals surface area contributed by atoms with Crippen molar-refractivity contribution in [3.8, 4) is 0 Å². The second-order valence-corrected chi connectivity index (χ2v) is 9.50. The minimum atomic E-state index is -3.19. The van der Waals surface area contributed by atoms with Crippen LogP contribution in [0.1, 0.15) is 32.6 Å². The van der Waals surface area contributed by atoms with E-state index in [1.807, 2.05) is 4.90 Å². The van der Waals surface area contributed by atoms with Gasteiger partial charge in [0.2, 0.25) is 10.0 Å². The van der Waals surface area contributed by atoms with E-state index < -0.39 is 10.0 Å². The molecule has 1 unspecified atom stereocenters. The zero-order chi connectivity index (χ0) is 17.2. The quantitative estimate of drug-likeness (QED) is 0.808. The highest BCUT2D eigenvalue weighted by molar-refractivity contribution is 7.89. The molecule has 24 heavy (non-hydrogen) atoms. The largest absolute Gasteiger partial charge is 0.381 e. The van der Waals surface area contributed by atoms with Crippen molar-refractivity contribution >= 4 is 16.1 Å². The Kier molecular flexibility index (Phi) is 5.36. The van der Waals surface area contributed by atoms with E-state index in [2.05, 4.69) is 5.32 Å². The van der Waals surface area contributed by atoms with Crippen molar-refractivity contribution in [2.75, 3.05) is 51.7 Å². The molecule has 0 aromatic rings. The van der Waals surface area contributed by atoms with Crippen molar-refractivity contribution < 1.29 is 17.9 Å². The van der Waals surface area contributed by atoms with Crippen LogP contribution in [0.4, 0.5) is 4.79 Å². The molecule has 3 aliphatic rings. The number of hydrogen-bond donors (Lipinski definition) is 1. The standard InChI is InChI=1S/C16H29N3O4S/c1-2-24(21,22)19-12-14(16(13-19)5-9-23-10-6-16)11-17-15(20)18-7-3-4-8-18/h14H,2-13H2,1H3,(H,17,20). The van der Waals surface area contributed by atoms with Gasteiger partial charge in [-0.05, 0) is 43.9 Å². The fraction of sp³-hybridized carbons (Fsp3) is 0.938. The molecule has 1 spiro atoms. The molecule has 0 aromatic carbocycles. The molecular formula is C16H29N3O4S. The molecule has 0 aromatic heterocycles. The summed E-state index contributed by atoms with van der Waals surface area (Å²) in [6, 6.07) is -0.00786. The molecule has 7 nitrogen and oxygen atoms in total. The third-order valence-electron chi connectivity index (χ3n) is 5.92. The predicted molar refractivity (Wildman–Crippen MR) is 91.2 cm³/mol. The van der Waals surface area contributed by atoms with Crippen LogP contribution in [0.3, 0.4) is 0 Å². The Labute approximate surface area is 144 Å². The number of rotatable bonds is 4. The summed E-state index contributed by atoms with van der Waals surface area (Å²) < 4.78 is 31.8. The molecule has 3 aliphatic heterocycles. The molecule has 1 atom stereocenters. The lowest BCUT2D eigenvalue weighted by molar-refractivity contribution is 0.00176. The van der Waals surface area contributed by atoms with E-state index in [0.717, 1.165) is 38.8 Å². The van der Waals surface area contributed by atoms with Crippen LogP contribution >= 0.6 is 0 Å². The maximum Gasteiger partial charge on any atom is 0.317 e. The van der Waals surface area contributed by atoms with Gasteiger partial charge in [-0.1, -0.05) is 0 Å². The van der Waals surface area contributed by atoms with Crippen LogP contribution in [0.5, 0.6) is 0 Å². The first-order chi connectivity index (χ1) is 11.5. The normalized spacial score (nSPS) is 27.7. The van der Waals surface area contributed by atoms with Gasteiger partial charge in [0.1, 0.15) is 0 Å². The van der Waals surface area contributed by atoms with Gasteiger partial charge in [0.05, 0.1) is 5.75 Å². The molecule has 8 heteroatoms. The summed E-state index contributed by atoms with van der Waals surface area (Å²) >= 11 is 0.